The minimum atomic E-state index is -0.422. The van der Waals surface area contributed by atoms with Gasteiger partial charge in [-0.15, -0.1) is 11.3 Å². The Bertz CT molecular complexity index is 525. The Labute approximate surface area is 96.6 Å². The Hall–Kier alpha value is -0.650. The zero-order valence-corrected chi connectivity index (χ0v) is 9.82. The predicted molar refractivity (Wildman–Crippen MR) is 61.2 cm³/mol. The van der Waals surface area contributed by atoms with Crippen LogP contribution in [0, 0.1) is 10.1 Å². The van der Waals surface area contributed by atoms with Gasteiger partial charge in [0.25, 0.3) is 0 Å². The van der Waals surface area contributed by atoms with Gasteiger partial charge in [0, 0.05) is 4.70 Å². The maximum absolute atomic E-state index is 10.8. The lowest BCUT2D eigenvalue weighted by Crippen LogP contribution is -1.86. The van der Waals surface area contributed by atoms with E-state index in [2.05, 4.69) is 15.9 Å². The number of benzene rings is 1. The lowest BCUT2D eigenvalue weighted by molar-refractivity contribution is -0.383. The molecule has 0 saturated heterocycles. The van der Waals surface area contributed by atoms with Gasteiger partial charge < -0.3 is 0 Å². The van der Waals surface area contributed by atoms with E-state index >= 15 is 0 Å². The van der Waals surface area contributed by atoms with Gasteiger partial charge in [-0.2, -0.15) is 0 Å². The molecule has 0 fully saturated rings. The highest BCUT2D eigenvalue weighted by Crippen LogP contribution is 2.44. The van der Waals surface area contributed by atoms with Crippen LogP contribution < -0.4 is 0 Å². The van der Waals surface area contributed by atoms with Gasteiger partial charge in [0.15, 0.2) is 0 Å². The average Bonchev–Trinajstić information content (AvgIpc) is 2.42. The number of nitro groups is 1. The summed E-state index contributed by atoms with van der Waals surface area (Å²) in [5.41, 5.74) is 0.0515. The van der Waals surface area contributed by atoms with E-state index in [0.717, 1.165) is 4.70 Å². The van der Waals surface area contributed by atoms with E-state index in [9.17, 15) is 10.1 Å². The molecule has 0 aliphatic carbocycles. The fraction of sp³-hybridized carbons (Fsp3) is 0. The van der Waals surface area contributed by atoms with Gasteiger partial charge in [-0.05, 0) is 28.1 Å². The number of hydrogen-bond acceptors (Lipinski definition) is 3. The van der Waals surface area contributed by atoms with Crippen molar-refractivity contribution in [3.8, 4) is 0 Å². The van der Waals surface area contributed by atoms with Crippen LogP contribution in [-0.2, 0) is 0 Å². The predicted octanol–water partition coefficient (Wildman–Crippen LogP) is 4.23. The molecule has 2 aromatic rings. The molecule has 0 atom stereocenters. The van der Waals surface area contributed by atoms with E-state index in [1.165, 1.54) is 11.3 Å². The van der Waals surface area contributed by atoms with Gasteiger partial charge in [0.1, 0.15) is 3.79 Å². The molecular weight excluding hydrogens is 290 g/mol. The maximum atomic E-state index is 10.8. The number of thiophene rings is 1. The zero-order chi connectivity index (χ0) is 10.3. The normalized spacial score (nSPS) is 10.7. The monoisotopic (exact) mass is 291 g/mol. The number of hydrogen-bond donors (Lipinski definition) is 0. The Morgan fingerprint density at radius 3 is 2.86 bits per heavy atom. The van der Waals surface area contributed by atoms with Crippen LogP contribution in [-0.4, -0.2) is 4.92 Å². The van der Waals surface area contributed by atoms with Crippen molar-refractivity contribution < 1.29 is 4.92 Å². The summed E-state index contributed by atoms with van der Waals surface area (Å²) in [6.07, 6.45) is 0. The van der Waals surface area contributed by atoms with Crippen molar-refractivity contribution >= 4 is 54.6 Å². The van der Waals surface area contributed by atoms with Crippen LogP contribution in [0.4, 0.5) is 5.69 Å². The molecule has 0 N–H and O–H groups in total. The first-order valence-electron chi connectivity index (χ1n) is 3.62. The molecule has 1 heterocycles. The summed E-state index contributed by atoms with van der Waals surface area (Å²) in [5.74, 6) is 0. The molecule has 3 nitrogen and oxygen atoms in total. The Morgan fingerprint density at radius 2 is 2.21 bits per heavy atom. The van der Waals surface area contributed by atoms with E-state index in [1.807, 2.05) is 6.07 Å². The van der Waals surface area contributed by atoms with Gasteiger partial charge in [0.2, 0.25) is 0 Å². The van der Waals surface area contributed by atoms with Crippen molar-refractivity contribution in [2.24, 2.45) is 0 Å². The molecule has 0 saturated carbocycles. The van der Waals surface area contributed by atoms with Gasteiger partial charge >= 0.3 is 5.69 Å². The minimum absolute atomic E-state index is 0.0515. The third-order valence-corrected chi connectivity index (χ3v) is 3.89. The van der Waals surface area contributed by atoms with E-state index in [-0.39, 0.29) is 5.69 Å². The summed E-state index contributed by atoms with van der Waals surface area (Å²) in [6, 6.07) is 5.23. The van der Waals surface area contributed by atoms with E-state index in [4.69, 9.17) is 11.6 Å². The number of rotatable bonds is 1. The number of halogens is 2. The summed E-state index contributed by atoms with van der Waals surface area (Å²) >= 11 is 10.4. The van der Waals surface area contributed by atoms with Crippen molar-refractivity contribution in [3.63, 3.8) is 0 Å². The standard InChI is InChI=1S/C8H3BrClNO2S/c9-8-7(11(12)13)6-4(10)2-1-3-5(6)14-8/h1-3H. The Morgan fingerprint density at radius 1 is 1.50 bits per heavy atom. The van der Waals surface area contributed by atoms with E-state index in [1.54, 1.807) is 12.1 Å². The number of nitrogens with zero attached hydrogens (tertiary/aromatic N) is 1. The first-order valence-corrected chi connectivity index (χ1v) is 5.61. The number of fused-ring (bicyclic) bond motifs is 1. The van der Waals surface area contributed by atoms with E-state index in [0.29, 0.717) is 14.2 Å². The molecule has 1 aromatic heterocycles. The highest BCUT2D eigenvalue weighted by molar-refractivity contribution is 9.11. The second-order valence-electron chi connectivity index (χ2n) is 2.59. The van der Waals surface area contributed by atoms with E-state index < -0.39 is 4.92 Å². The van der Waals surface area contributed by atoms with Gasteiger partial charge in [0.05, 0.1) is 15.3 Å². The van der Waals surface area contributed by atoms with Crippen LogP contribution in [0.2, 0.25) is 5.02 Å². The zero-order valence-electron chi connectivity index (χ0n) is 6.66. The fourth-order valence-electron chi connectivity index (χ4n) is 1.23. The molecule has 0 spiro atoms. The quantitative estimate of drug-likeness (QED) is 0.583. The largest absolute Gasteiger partial charge is 0.303 e. The summed E-state index contributed by atoms with van der Waals surface area (Å²) in [5, 5.41) is 11.7. The first kappa shape index (κ1) is 9.89. The molecule has 2 rings (SSSR count). The summed E-state index contributed by atoms with van der Waals surface area (Å²) in [7, 11) is 0. The van der Waals surface area contributed by atoms with Crippen LogP contribution in [0.3, 0.4) is 0 Å². The molecule has 0 bridgehead atoms. The second-order valence-corrected chi connectivity index (χ2v) is 5.37. The van der Waals surface area contributed by atoms with Crippen molar-refractivity contribution in [2.45, 2.75) is 0 Å². The van der Waals surface area contributed by atoms with Crippen LogP contribution in [0.5, 0.6) is 0 Å². The smallest absolute Gasteiger partial charge is 0.258 e. The van der Waals surface area contributed by atoms with Crippen LogP contribution in [0.25, 0.3) is 10.1 Å². The van der Waals surface area contributed by atoms with Gasteiger partial charge in [-0.3, -0.25) is 10.1 Å². The third kappa shape index (κ3) is 1.41. The third-order valence-electron chi connectivity index (χ3n) is 1.78. The first-order chi connectivity index (χ1) is 6.61. The highest BCUT2D eigenvalue weighted by atomic mass is 79.9. The molecule has 0 unspecified atom stereocenters. The van der Waals surface area contributed by atoms with Crippen molar-refractivity contribution in [1.82, 2.24) is 0 Å². The molecule has 0 aliphatic rings. The summed E-state index contributed by atoms with van der Waals surface area (Å²) < 4.78 is 1.32. The van der Waals surface area contributed by atoms with Crippen LogP contribution >= 0.6 is 38.9 Å². The SMILES string of the molecule is O=[N+]([O-])c1c(Br)sc2cccc(Cl)c12. The molecule has 0 amide bonds. The van der Waals surface area contributed by atoms with Crippen molar-refractivity contribution in [2.75, 3.05) is 0 Å². The molecule has 0 aliphatic heterocycles. The molecule has 72 valence electrons. The topological polar surface area (TPSA) is 43.1 Å². The van der Waals surface area contributed by atoms with Crippen LogP contribution in [0.15, 0.2) is 22.0 Å². The Kier molecular flexibility index (Phi) is 2.47. The molecule has 1 aromatic carbocycles. The summed E-state index contributed by atoms with van der Waals surface area (Å²) in [6.45, 7) is 0. The van der Waals surface area contributed by atoms with Crippen molar-refractivity contribution in [3.05, 3.63) is 37.1 Å². The highest BCUT2D eigenvalue weighted by Gasteiger charge is 2.22. The maximum Gasteiger partial charge on any atom is 0.303 e. The lowest BCUT2D eigenvalue weighted by Gasteiger charge is -1.92. The van der Waals surface area contributed by atoms with Crippen molar-refractivity contribution in [1.29, 1.82) is 0 Å². The lowest BCUT2D eigenvalue weighted by atomic mass is 10.2. The fourth-order valence-corrected chi connectivity index (χ4v) is 3.33. The molecule has 0 radical (unpaired) electrons. The molecular formula is C8H3BrClNO2S. The average molecular weight is 293 g/mol. The molecule has 6 heteroatoms. The van der Waals surface area contributed by atoms with Gasteiger partial charge in [-0.1, -0.05) is 17.7 Å². The van der Waals surface area contributed by atoms with Crippen LogP contribution in [0.1, 0.15) is 0 Å². The van der Waals surface area contributed by atoms with Gasteiger partial charge in [-0.25, -0.2) is 0 Å². The Balaban J connectivity index is 2.93. The minimum Gasteiger partial charge on any atom is -0.258 e. The summed E-state index contributed by atoms with van der Waals surface area (Å²) in [4.78, 5) is 10.4. The second kappa shape index (κ2) is 3.49. The molecule has 14 heavy (non-hydrogen) atoms.